The molecule has 0 aromatic heterocycles. The number of carbonyl (C=O) groups excluding carboxylic acids is 1. The number of rotatable bonds is 8. The van der Waals surface area contributed by atoms with Crippen LogP contribution in [0, 0.1) is 0 Å². The molecule has 3 rings (SSSR count). The van der Waals surface area contributed by atoms with Gasteiger partial charge in [0, 0.05) is 37.2 Å². The van der Waals surface area contributed by atoms with Crippen LogP contribution in [0.4, 0.5) is 0 Å². The summed E-state index contributed by atoms with van der Waals surface area (Å²) in [4.78, 5) is 17.3. The SMILES string of the molecule is CC(CN1CCOCC1)N(Cc1ccccc1)C(=O)COc1cccc(Cl)c1. The lowest BCUT2D eigenvalue weighted by molar-refractivity contribution is -0.136. The largest absolute Gasteiger partial charge is 0.484 e. The van der Waals surface area contributed by atoms with E-state index >= 15 is 0 Å². The molecule has 0 aliphatic carbocycles. The van der Waals surface area contributed by atoms with E-state index in [-0.39, 0.29) is 18.6 Å². The standard InChI is InChI=1S/C22H27ClN2O3/c1-18(15-24-10-12-27-13-11-24)25(16-19-6-3-2-4-7-19)22(26)17-28-21-9-5-8-20(23)14-21/h2-9,14,18H,10-13,15-17H2,1H3. The van der Waals surface area contributed by atoms with Crippen molar-refractivity contribution in [2.45, 2.75) is 19.5 Å². The van der Waals surface area contributed by atoms with Crippen LogP contribution in [0.1, 0.15) is 12.5 Å². The molecule has 0 N–H and O–H groups in total. The van der Waals surface area contributed by atoms with Gasteiger partial charge in [-0.05, 0) is 30.7 Å². The molecule has 1 heterocycles. The van der Waals surface area contributed by atoms with Gasteiger partial charge in [-0.1, -0.05) is 48.0 Å². The summed E-state index contributed by atoms with van der Waals surface area (Å²) in [5, 5.41) is 0.590. The first kappa shape index (κ1) is 20.6. The van der Waals surface area contributed by atoms with Gasteiger partial charge in [-0.3, -0.25) is 9.69 Å². The Morgan fingerprint density at radius 2 is 1.93 bits per heavy atom. The van der Waals surface area contributed by atoms with Gasteiger partial charge in [0.1, 0.15) is 5.75 Å². The second kappa shape index (κ2) is 10.5. The van der Waals surface area contributed by atoms with Crippen LogP contribution < -0.4 is 4.74 Å². The molecule has 1 saturated heterocycles. The third-order valence-corrected chi connectivity index (χ3v) is 5.07. The van der Waals surface area contributed by atoms with Gasteiger partial charge < -0.3 is 14.4 Å². The second-order valence-corrected chi connectivity index (χ2v) is 7.45. The van der Waals surface area contributed by atoms with Gasteiger partial charge in [0.2, 0.25) is 0 Å². The number of benzene rings is 2. The number of halogens is 1. The minimum absolute atomic E-state index is 0.0133. The van der Waals surface area contributed by atoms with Crippen LogP contribution in [-0.4, -0.2) is 61.2 Å². The van der Waals surface area contributed by atoms with E-state index in [2.05, 4.69) is 11.8 Å². The molecule has 1 atom stereocenters. The van der Waals surface area contributed by atoms with Crippen molar-refractivity contribution in [2.75, 3.05) is 39.5 Å². The van der Waals surface area contributed by atoms with Gasteiger partial charge >= 0.3 is 0 Å². The Morgan fingerprint density at radius 1 is 1.18 bits per heavy atom. The predicted octanol–water partition coefficient (Wildman–Crippen LogP) is 3.47. The van der Waals surface area contributed by atoms with Gasteiger partial charge in [0.25, 0.3) is 5.91 Å². The van der Waals surface area contributed by atoms with E-state index in [0.29, 0.717) is 17.3 Å². The molecular weight excluding hydrogens is 376 g/mol. The smallest absolute Gasteiger partial charge is 0.261 e. The Morgan fingerprint density at radius 3 is 2.64 bits per heavy atom. The maximum atomic E-state index is 13.0. The maximum absolute atomic E-state index is 13.0. The van der Waals surface area contributed by atoms with Gasteiger partial charge in [-0.2, -0.15) is 0 Å². The van der Waals surface area contributed by atoms with Crippen LogP contribution >= 0.6 is 11.6 Å². The third-order valence-electron chi connectivity index (χ3n) is 4.83. The van der Waals surface area contributed by atoms with Gasteiger partial charge in [-0.25, -0.2) is 0 Å². The van der Waals surface area contributed by atoms with Gasteiger partial charge in [-0.15, -0.1) is 0 Å². The molecule has 150 valence electrons. The quantitative estimate of drug-likeness (QED) is 0.678. The van der Waals surface area contributed by atoms with Crippen LogP contribution in [-0.2, 0) is 16.1 Å². The van der Waals surface area contributed by atoms with E-state index in [9.17, 15) is 4.79 Å². The minimum Gasteiger partial charge on any atom is -0.484 e. The number of amides is 1. The average Bonchev–Trinajstić information content (AvgIpc) is 2.72. The predicted molar refractivity (Wildman–Crippen MR) is 111 cm³/mol. The highest BCUT2D eigenvalue weighted by Gasteiger charge is 2.24. The molecule has 28 heavy (non-hydrogen) atoms. The Labute approximate surface area is 171 Å². The molecular formula is C22H27ClN2O3. The van der Waals surface area contributed by atoms with Crippen molar-refractivity contribution >= 4 is 17.5 Å². The van der Waals surface area contributed by atoms with Crippen molar-refractivity contribution in [1.82, 2.24) is 9.80 Å². The van der Waals surface area contributed by atoms with Gasteiger partial charge in [0.15, 0.2) is 6.61 Å². The number of hydrogen-bond donors (Lipinski definition) is 0. The van der Waals surface area contributed by atoms with Crippen LogP contribution in [0.25, 0.3) is 0 Å². The fourth-order valence-corrected chi connectivity index (χ4v) is 3.49. The van der Waals surface area contributed by atoms with Crippen LogP contribution in [0.5, 0.6) is 5.75 Å². The highest BCUT2D eigenvalue weighted by molar-refractivity contribution is 6.30. The summed E-state index contributed by atoms with van der Waals surface area (Å²) in [6.07, 6.45) is 0. The van der Waals surface area contributed by atoms with Crippen molar-refractivity contribution in [3.8, 4) is 5.75 Å². The summed E-state index contributed by atoms with van der Waals surface area (Å²) in [5.41, 5.74) is 1.10. The molecule has 1 unspecified atom stereocenters. The molecule has 2 aromatic rings. The first-order valence-corrected chi connectivity index (χ1v) is 10.0. The molecule has 2 aromatic carbocycles. The fraction of sp³-hybridized carbons (Fsp3) is 0.409. The number of hydrogen-bond acceptors (Lipinski definition) is 4. The van der Waals surface area contributed by atoms with Gasteiger partial charge in [0.05, 0.1) is 13.2 Å². The molecule has 1 aliphatic heterocycles. The molecule has 5 nitrogen and oxygen atoms in total. The average molecular weight is 403 g/mol. The lowest BCUT2D eigenvalue weighted by Gasteiger charge is -2.35. The Bertz CT molecular complexity index is 750. The molecule has 1 amide bonds. The topological polar surface area (TPSA) is 42.0 Å². The molecule has 0 bridgehead atoms. The van der Waals surface area contributed by atoms with Crippen LogP contribution in [0.15, 0.2) is 54.6 Å². The summed E-state index contributed by atoms with van der Waals surface area (Å²) in [7, 11) is 0. The van der Waals surface area contributed by atoms with Crippen molar-refractivity contribution in [3.05, 3.63) is 65.2 Å². The Kier molecular flexibility index (Phi) is 7.71. The number of nitrogens with zero attached hydrogens (tertiary/aromatic N) is 2. The summed E-state index contributed by atoms with van der Waals surface area (Å²) in [5.74, 6) is 0.561. The minimum atomic E-state index is -0.0374. The Balaban J connectivity index is 1.65. The monoisotopic (exact) mass is 402 g/mol. The first-order valence-electron chi connectivity index (χ1n) is 9.63. The highest BCUT2D eigenvalue weighted by Crippen LogP contribution is 2.18. The van der Waals surface area contributed by atoms with Crippen LogP contribution in [0.3, 0.4) is 0 Å². The molecule has 0 spiro atoms. The Hall–Kier alpha value is -2.08. The lowest BCUT2D eigenvalue weighted by atomic mass is 10.1. The van der Waals surface area contributed by atoms with E-state index in [1.54, 1.807) is 18.2 Å². The normalized spacial score (nSPS) is 15.8. The zero-order valence-corrected chi connectivity index (χ0v) is 17.0. The van der Waals surface area contributed by atoms with E-state index < -0.39 is 0 Å². The van der Waals surface area contributed by atoms with E-state index in [4.69, 9.17) is 21.1 Å². The van der Waals surface area contributed by atoms with Crippen molar-refractivity contribution < 1.29 is 14.3 Å². The van der Waals surface area contributed by atoms with Crippen molar-refractivity contribution in [2.24, 2.45) is 0 Å². The zero-order valence-electron chi connectivity index (χ0n) is 16.2. The molecule has 1 aliphatic rings. The van der Waals surface area contributed by atoms with E-state index in [0.717, 1.165) is 38.4 Å². The first-order chi connectivity index (χ1) is 13.6. The zero-order chi connectivity index (χ0) is 19.8. The summed E-state index contributed by atoms with van der Waals surface area (Å²) in [6.45, 7) is 6.75. The third kappa shape index (κ3) is 6.23. The molecule has 0 saturated carbocycles. The molecule has 1 fully saturated rings. The fourth-order valence-electron chi connectivity index (χ4n) is 3.31. The summed E-state index contributed by atoms with van der Waals surface area (Å²) < 4.78 is 11.1. The number of carbonyl (C=O) groups is 1. The summed E-state index contributed by atoms with van der Waals surface area (Å²) >= 11 is 6.00. The summed E-state index contributed by atoms with van der Waals surface area (Å²) in [6, 6.07) is 17.2. The van der Waals surface area contributed by atoms with Crippen LogP contribution in [0.2, 0.25) is 5.02 Å². The maximum Gasteiger partial charge on any atom is 0.261 e. The number of ether oxygens (including phenoxy) is 2. The molecule has 0 radical (unpaired) electrons. The highest BCUT2D eigenvalue weighted by atomic mass is 35.5. The van der Waals surface area contributed by atoms with E-state index in [1.807, 2.05) is 41.3 Å². The lowest BCUT2D eigenvalue weighted by Crippen LogP contribution is -2.49. The molecule has 6 heteroatoms. The van der Waals surface area contributed by atoms with Crippen molar-refractivity contribution in [3.63, 3.8) is 0 Å². The van der Waals surface area contributed by atoms with Crippen molar-refractivity contribution in [1.29, 1.82) is 0 Å². The van der Waals surface area contributed by atoms with E-state index in [1.165, 1.54) is 0 Å². The second-order valence-electron chi connectivity index (χ2n) is 7.02. The number of morpholine rings is 1.